The van der Waals surface area contributed by atoms with Gasteiger partial charge in [-0.2, -0.15) is 0 Å². The van der Waals surface area contributed by atoms with Crippen molar-refractivity contribution in [1.82, 2.24) is 9.55 Å². The molecule has 0 unspecified atom stereocenters. The third kappa shape index (κ3) is 2.18. The molecule has 0 atom stereocenters. The van der Waals surface area contributed by atoms with Crippen LogP contribution in [0.25, 0.3) is 16.7 Å². The van der Waals surface area contributed by atoms with E-state index in [1.807, 2.05) is 22.6 Å². The second-order valence-electron chi connectivity index (χ2n) is 4.16. The number of nitrogen functional groups attached to an aromatic ring is 1. The van der Waals surface area contributed by atoms with Gasteiger partial charge in [-0.15, -0.1) is 0 Å². The summed E-state index contributed by atoms with van der Waals surface area (Å²) < 4.78 is 30.3. The minimum atomic E-state index is -0.460. The van der Waals surface area contributed by atoms with Gasteiger partial charge < -0.3 is 5.73 Å². The monoisotopic (exact) mass is 449 g/mol. The third-order valence-corrected chi connectivity index (χ3v) is 4.19. The van der Waals surface area contributed by atoms with Crippen molar-refractivity contribution < 1.29 is 8.78 Å². The van der Waals surface area contributed by atoms with Crippen LogP contribution in [-0.2, 0) is 0 Å². The van der Waals surface area contributed by atoms with Crippen LogP contribution in [0.15, 0.2) is 34.8 Å². The molecule has 20 heavy (non-hydrogen) atoms. The Balaban J connectivity index is 2.38. The van der Waals surface area contributed by atoms with E-state index in [4.69, 9.17) is 5.73 Å². The summed E-state index contributed by atoms with van der Waals surface area (Å²) in [5, 5.41) is 0. The van der Waals surface area contributed by atoms with Crippen LogP contribution in [0, 0.1) is 15.2 Å². The first kappa shape index (κ1) is 13.7. The maximum atomic E-state index is 14.0. The molecule has 0 saturated carbocycles. The largest absolute Gasteiger partial charge is 0.369 e. The minimum absolute atomic E-state index is 0.110. The van der Waals surface area contributed by atoms with Gasteiger partial charge in [-0.05, 0) is 46.9 Å². The van der Waals surface area contributed by atoms with Gasteiger partial charge in [0.2, 0.25) is 5.95 Å². The number of nitrogens with two attached hydrogens (primary N) is 1. The first-order valence-corrected chi connectivity index (χ1v) is 7.43. The standard InChI is InChI=1S/C13H7BrF2IN3/c14-6-1-2-7(15)11(3-6)20-12-4-8(16)9(17)5-10(12)19-13(20)18/h1-5H,(H2,18,19). The average molecular weight is 450 g/mol. The molecule has 1 heterocycles. The van der Waals surface area contributed by atoms with Crippen LogP contribution < -0.4 is 5.73 Å². The van der Waals surface area contributed by atoms with E-state index in [1.165, 1.54) is 16.7 Å². The first-order valence-electron chi connectivity index (χ1n) is 5.56. The van der Waals surface area contributed by atoms with Crippen molar-refractivity contribution in [2.75, 3.05) is 5.73 Å². The number of hydrogen-bond acceptors (Lipinski definition) is 2. The summed E-state index contributed by atoms with van der Waals surface area (Å²) in [5.41, 5.74) is 7.02. The number of rotatable bonds is 1. The Morgan fingerprint density at radius 3 is 2.65 bits per heavy atom. The summed E-state index contributed by atoms with van der Waals surface area (Å²) in [6.45, 7) is 0. The van der Waals surface area contributed by atoms with Crippen molar-refractivity contribution in [3.05, 3.63) is 50.0 Å². The maximum absolute atomic E-state index is 14.0. The van der Waals surface area contributed by atoms with Gasteiger partial charge in [0.05, 0.1) is 20.3 Å². The molecule has 1 aromatic heterocycles. The van der Waals surface area contributed by atoms with Crippen LogP contribution in [0.4, 0.5) is 14.7 Å². The van der Waals surface area contributed by atoms with Crippen molar-refractivity contribution >= 4 is 55.5 Å². The second-order valence-corrected chi connectivity index (χ2v) is 6.23. The molecule has 2 aromatic carbocycles. The molecule has 0 radical (unpaired) electrons. The lowest BCUT2D eigenvalue weighted by Gasteiger charge is -2.08. The molecule has 3 nitrogen and oxygen atoms in total. The molecule has 0 aliphatic rings. The van der Waals surface area contributed by atoms with E-state index in [9.17, 15) is 8.78 Å². The van der Waals surface area contributed by atoms with Crippen molar-refractivity contribution in [3.8, 4) is 5.69 Å². The summed E-state index contributed by atoms with van der Waals surface area (Å²) in [7, 11) is 0. The summed E-state index contributed by atoms with van der Waals surface area (Å²) in [4.78, 5) is 4.15. The Hall–Kier alpha value is -1.22. The predicted molar refractivity (Wildman–Crippen MR) is 85.8 cm³/mol. The lowest BCUT2D eigenvalue weighted by Crippen LogP contribution is -2.03. The minimum Gasteiger partial charge on any atom is -0.369 e. The average Bonchev–Trinajstić information content (AvgIpc) is 2.69. The fourth-order valence-corrected chi connectivity index (χ4v) is 2.80. The van der Waals surface area contributed by atoms with E-state index in [0.717, 1.165) is 0 Å². The molecule has 0 saturated heterocycles. The number of anilines is 1. The molecular formula is C13H7BrF2IN3. The van der Waals surface area contributed by atoms with E-state index in [-0.39, 0.29) is 11.6 Å². The van der Waals surface area contributed by atoms with E-state index < -0.39 is 11.6 Å². The zero-order valence-electron chi connectivity index (χ0n) is 9.87. The van der Waals surface area contributed by atoms with Gasteiger partial charge in [-0.3, -0.25) is 4.57 Å². The highest BCUT2D eigenvalue weighted by Gasteiger charge is 2.16. The molecular weight excluding hydrogens is 443 g/mol. The zero-order valence-corrected chi connectivity index (χ0v) is 13.6. The number of nitrogens with zero attached hydrogens (tertiary/aromatic N) is 2. The summed E-state index contributed by atoms with van der Waals surface area (Å²) >= 11 is 5.15. The highest BCUT2D eigenvalue weighted by atomic mass is 127. The van der Waals surface area contributed by atoms with E-state index in [1.54, 1.807) is 18.2 Å². The van der Waals surface area contributed by atoms with Gasteiger partial charge >= 0.3 is 0 Å². The van der Waals surface area contributed by atoms with Crippen LogP contribution in [0.2, 0.25) is 0 Å². The van der Waals surface area contributed by atoms with Crippen molar-refractivity contribution in [2.45, 2.75) is 0 Å². The van der Waals surface area contributed by atoms with Gasteiger partial charge in [0.15, 0.2) is 0 Å². The van der Waals surface area contributed by atoms with Gasteiger partial charge in [-0.1, -0.05) is 15.9 Å². The van der Waals surface area contributed by atoms with Gasteiger partial charge in [-0.25, -0.2) is 13.8 Å². The quantitative estimate of drug-likeness (QED) is 0.564. The Morgan fingerprint density at radius 1 is 1.15 bits per heavy atom. The van der Waals surface area contributed by atoms with Gasteiger partial charge in [0, 0.05) is 10.5 Å². The number of fused-ring (bicyclic) bond motifs is 1. The number of benzene rings is 2. The van der Waals surface area contributed by atoms with Crippen LogP contribution in [0.1, 0.15) is 0 Å². The highest BCUT2D eigenvalue weighted by Crippen LogP contribution is 2.28. The molecule has 2 N–H and O–H groups in total. The molecule has 0 aliphatic heterocycles. The Labute approximate surface area is 135 Å². The highest BCUT2D eigenvalue weighted by molar-refractivity contribution is 14.1. The number of hydrogen-bond donors (Lipinski definition) is 1. The normalized spacial score (nSPS) is 11.2. The molecule has 3 rings (SSSR count). The molecule has 0 bridgehead atoms. The van der Waals surface area contributed by atoms with Crippen molar-refractivity contribution in [3.63, 3.8) is 0 Å². The zero-order chi connectivity index (χ0) is 14.4. The van der Waals surface area contributed by atoms with E-state index >= 15 is 0 Å². The fourth-order valence-electron chi connectivity index (χ4n) is 2.00. The number of aromatic nitrogens is 2. The van der Waals surface area contributed by atoms with E-state index in [0.29, 0.717) is 19.1 Å². The molecule has 0 amide bonds. The summed E-state index contributed by atoms with van der Waals surface area (Å²) in [6, 6.07) is 7.35. The van der Waals surface area contributed by atoms with Gasteiger partial charge in [0.1, 0.15) is 11.6 Å². The molecule has 0 spiro atoms. The van der Waals surface area contributed by atoms with Crippen LogP contribution >= 0.6 is 38.5 Å². The molecule has 0 aliphatic carbocycles. The van der Waals surface area contributed by atoms with Gasteiger partial charge in [0.25, 0.3) is 0 Å². The third-order valence-electron chi connectivity index (χ3n) is 2.87. The molecule has 7 heteroatoms. The lowest BCUT2D eigenvalue weighted by molar-refractivity contribution is 0.616. The SMILES string of the molecule is Nc1nc2cc(I)c(F)cc2n1-c1cc(Br)ccc1F. The predicted octanol–water partition coefficient (Wildman–Crippen LogP) is 4.25. The molecule has 3 aromatic rings. The van der Waals surface area contributed by atoms with Crippen LogP contribution in [0.3, 0.4) is 0 Å². The second kappa shape index (κ2) is 4.96. The van der Waals surface area contributed by atoms with Crippen molar-refractivity contribution in [1.29, 1.82) is 0 Å². The Morgan fingerprint density at radius 2 is 1.90 bits per heavy atom. The fraction of sp³-hybridized carbons (Fsp3) is 0. The van der Waals surface area contributed by atoms with Crippen molar-refractivity contribution in [2.24, 2.45) is 0 Å². The lowest BCUT2D eigenvalue weighted by atomic mass is 10.2. The smallest absolute Gasteiger partial charge is 0.206 e. The molecule has 0 fully saturated rings. The van der Waals surface area contributed by atoms with Crippen LogP contribution in [0.5, 0.6) is 0 Å². The summed E-state index contributed by atoms with van der Waals surface area (Å²) in [5.74, 6) is -0.744. The topological polar surface area (TPSA) is 43.8 Å². The first-order chi connectivity index (χ1) is 9.47. The Kier molecular flexibility index (Phi) is 3.41. The number of imidazole rings is 1. The summed E-state index contributed by atoms with van der Waals surface area (Å²) in [6.07, 6.45) is 0. The maximum Gasteiger partial charge on any atom is 0.206 e. The Bertz CT molecular complexity index is 832. The molecule has 102 valence electrons. The van der Waals surface area contributed by atoms with Crippen LogP contribution in [-0.4, -0.2) is 9.55 Å². The number of halogens is 4. The van der Waals surface area contributed by atoms with E-state index in [2.05, 4.69) is 20.9 Å².